The molecule has 0 aliphatic carbocycles. The molecule has 0 atom stereocenters. The van der Waals surface area contributed by atoms with Crippen LogP contribution in [-0.2, 0) is 16.6 Å². The van der Waals surface area contributed by atoms with E-state index in [2.05, 4.69) is 10.0 Å². The van der Waals surface area contributed by atoms with E-state index in [1.165, 1.54) is 0 Å². The Bertz CT molecular complexity index is 573. The molecule has 0 aromatic heterocycles. The van der Waals surface area contributed by atoms with Gasteiger partial charge in [-0.3, -0.25) is 0 Å². The number of benzene rings is 1. The summed E-state index contributed by atoms with van der Waals surface area (Å²) >= 11 is 0. The second-order valence-electron chi connectivity index (χ2n) is 4.38. The fourth-order valence-corrected chi connectivity index (χ4v) is 2.32. The van der Waals surface area contributed by atoms with E-state index in [1.54, 1.807) is 7.11 Å². The molecule has 0 saturated carbocycles. The van der Waals surface area contributed by atoms with Crippen LogP contribution in [0.15, 0.2) is 12.1 Å². The topological polar surface area (TPSA) is 85.9 Å². The molecule has 112 valence electrons. The van der Waals surface area contributed by atoms with Crippen LogP contribution in [0.2, 0.25) is 0 Å². The van der Waals surface area contributed by atoms with E-state index in [4.69, 9.17) is 14.2 Å². The van der Waals surface area contributed by atoms with E-state index in [1.807, 2.05) is 12.1 Å². The minimum atomic E-state index is -3.13. The smallest absolute Gasteiger partial charge is 0.231 e. The van der Waals surface area contributed by atoms with Crippen LogP contribution in [0.3, 0.4) is 0 Å². The molecule has 1 aliphatic rings. The van der Waals surface area contributed by atoms with E-state index in [0.717, 1.165) is 11.8 Å². The minimum Gasteiger partial charge on any atom is -0.493 e. The predicted molar refractivity (Wildman–Crippen MR) is 73.7 cm³/mol. The molecule has 1 aliphatic heterocycles. The summed E-state index contributed by atoms with van der Waals surface area (Å²) in [4.78, 5) is 0. The molecule has 0 saturated heterocycles. The Morgan fingerprint density at radius 1 is 1.30 bits per heavy atom. The average molecular weight is 302 g/mol. The van der Waals surface area contributed by atoms with E-state index >= 15 is 0 Å². The highest BCUT2D eigenvalue weighted by atomic mass is 32.2. The van der Waals surface area contributed by atoms with E-state index in [9.17, 15) is 8.42 Å². The largest absolute Gasteiger partial charge is 0.493 e. The van der Waals surface area contributed by atoms with Crippen molar-refractivity contribution >= 4 is 10.0 Å². The summed E-state index contributed by atoms with van der Waals surface area (Å²) in [5.74, 6) is 1.91. The molecule has 2 rings (SSSR count). The van der Waals surface area contributed by atoms with Crippen LogP contribution in [-0.4, -0.2) is 41.7 Å². The summed E-state index contributed by atoms with van der Waals surface area (Å²) in [6.45, 7) is 1.66. The van der Waals surface area contributed by atoms with Gasteiger partial charge in [-0.15, -0.1) is 0 Å². The van der Waals surface area contributed by atoms with Crippen LogP contribution >= 0.6 is 0 Å². The molecule has 0 spiro atoms. The van der Waals surface area contributed by atoms with Crippen molar-refractivity contribution in [2.75, 3.05) is 33.2 Å². The maximum Gasteiger partial charge on any atom is 0.231 e. The zero-order valence-corrected chi connectivity index (χ0v) is 12.2. The third-order valence-corrected chi connectivity index (χ3v) is 3.44. The standard InChI is InChI=1S/C12H18N2O5S/c1-17-10-5-9(6-11-12(10)19-8-18-11)7-13-3-4-14-20(2,15)16/h5-6,13-14H,3-4,7-8H2,1-2H3. The SMILES string of the molecule is COc1cc(CNCCNS(C)(=O)=O)cc2c1OCO2. The Morgan fingerprint density at radius 3 is 2.80 bits per heavy atom. The van der Waals surface area contributed by atoms with Crippen LogP contribution in [0.25, 0.3) is 0 Å². The van der Waals surface area contributed by atoms with Crippen molar-refractivity contribution in [2.24, 2.45) is 0 Å². The van der Waals surface area contributed by atoms with Gasteiger partial charge in [-0.1, -0.05) is 0 Å². The van der Waals surface area contributed by atoms with Gasteiger partial charge in [0.2, 0.25) is 22.6 Å². The molecule has 1 heterocycles. The van der Waals surface area contributed by atoms with Gasteiger partial charge in [-0.05, 0) is 17.7 Å². The number of fused-ring (bicyclic) bond motifs is 1. The van der Waals surface area contributed by atoms with Gasteiger partial charge in [0, 0.05) is 19.6 Å². The van der Waals surface area contributed by atoms with Gasteiger partial charge >= 0.3 is 0 Å². The number of rotatable bonds is 7. The van der Waals surface area contributed by atoms with E-state index in [-0.39, 0.29) is 6.79 Å². The molecule has 0 amide bonds. The van der Waals surface area contributed by atoms with Gasteiger partial charge in [0.25, 0.3) is 0 Å². The Balaban J connectivity index is 1.87. The van der Waals surface area contributed by atoms with Gasteiger partial charge in [0.15, 0.2) is 11.5 Å². The molecule has 2 N–H and O–H groups in total. The summed E-state index contributed by atoms with van der Waals surface area (Å²) in [7, 11) is -1.56. The third-order valence-electron chi connectivity index (χ3n) is 2.71. The van der Waals surface area contributed by atoms with Crippen molar-refractivity contribution in [3.8, 4) is 17.2 Å². The van der Waals surface area contributed by atoms with Crippen molar-refractivity contribution in [1.82, 2.24) is 10.0 Å². The first-order chi connectivity index (χ1) is 9.49. The number of nitrogens with one attached hydrogen (secondary N) is 2. The van der Waals surface area contributed by atoms with Crippen molar-refractivity contribution < 1.29 is 22.6 Å². The molecular formula is C12H18N2O5S. The molecule has 8 heteroatoms. The molecule has 7 nitrogen and oxygen atoms in total. The lowest BCUT2D eigenvalue weighted by atomic mass is 10.2. The van der Waals surface area contributed by atoms with Crippen LogP contribution in [0.1, 0.15) is 5.56 Å². The van der Waals surface area contributed by atoms with Crippen molar-refractivity contribution in [1.29, 1.82) is 0 Å². The minimum absolute atomic E-state index is 0.195. The Labute approximate surface area is 118 Å². The number of methoxy groups -OCH3 is 1. The lowest BCUT2D eigenvalue weighted by Gasteiger charge is -2.09. The summed E-state index contributed by atoms with van der Waals surface area (Å²) in [6.07, 6.45) is 1.13. The average Bonchev–Trinajstić information content (AvgIpc) is 2.84. The van der Waals surface area contributed by atoms with Gasteiger partial charge in [0.05, 0.1) is 13.4 Å². The molecule has 1 aromatic carbocycles. The van der Waals surface area contributed by atoms with Gasteiger partial charge in [-0.2, -0.15) is 0 Å². The highest BCUT2D eigenvalue weighted by Crippen LogP contribution is 2.41. The number of sulfonamides is 1. The quantitative estimate of drug-likeness (QED) is 0.693. The fraction of sp³-hybridized carbons (Fsp3) is 0.500. The molecule has 20 heavy (non-hydrogen) atoms. The maximum absolute atomic E-state index is 10.9. The van der Waals surface area contributed by atoms with Gasteiger partial charge in [-0.25, -0.2) is 13.1 Å². The summed E-state index contributed by atoms with van der Waals surface area (Å²) in [5.41, 5.74) is 0.977. The molecule has 0 unspecified atom stereocenters. The van der Waals surface area contributed by atoms with Crippen molar-refractivity contribution in [3.63, 3.8) is 0 Å². The Kier molecular flexibility index (Phi) is 4.69. The predicted octanol–water partition coefficient (Wildman–Crippen LogP) is 0.0627. The first-order valence-corrected chi connectivity index (χ1v) is 8.00. The van der Waals surface area contributed by atoms with E-state index < -0.39 is 10.0 Å². The zero-order valence-electron chi connectivity index (χ0n) is 11.4. The van der Waals surface area contributed by atoms with E-state index in [0.29, 0.717) is 36.9 Å². The molecule has 0 radical (unpaired) electrons. The zero-order chi connectivity index (χ0) is 14.6. The number of hydrogen-bond donors (Lipinski definition) is 2. The number of ether oxygens (including phenoxy) is 3. The molecule has 0 bridgehead atoms. The Hall–Kier alpha value is -1.51. The summed E-state index contributed by atoms with van der Waals surface area (Å²) < 4.78 is 40.1. The maximum atomic E-state index is 10.9. The van der Waals surface area contributed by atoms with Crippen LogP contribution < -0.4 is 24.2 Å². The first-order valence-electron chi connectivity index (χ1n) is 6.11. The van der Waals surface area contributed by atoms with Crippen molar-refractivity contribution in [2.45, 2.75) is 6.54 Å². The normalized spacial score (nSPS) is 13.5. The van der Waals surface area contributed by atoms with Crippen LogP contribution in [0.5, 0.6) is 17.2 Å². The second kappa shape index (κ2) is 6.29. The molecule has 1 aromatic rings. The third kappa shape index (κ3) is 3.99. The van der Waals surface area contributed by atoms with Crippen molar-refractivity contribution in [3.05, 3.63) is 17.7 Å². The second-order valence-corrected chi connectivity index (χ2v) is 6.21. The highest BCUT2D eigenvalue weighted by molar-refractivity contribution is 7.88. The van der Waals surface area contributed by atoms with Crippen LogP contribution in [0.4, 0.5) is 0 Å². The Morgan fingerprint density at radius 2 is 2.10 bits per heavy atom. The lowest BCUT2D eigenvalue weighted by Crippen LogP contribution is -2.30. The number of hydrogen-bond acceptors (Lipinski definition) is 6. The van der Waals surface area contributed by atoms with Gasteiger partial charge in [0.1, 0.15) is 0 Å². The summed E-state index contributed by atoms with van der Waals surface area (Å²) in [5, 5.41) is 3.14. The monoisotopic (exact) mass is 302 g/mol. The van der Waals surface area contributed by atoms with Crippen LogP contribution in [0, 0.1) is 0 Å². The summed E-state index contributed by atoms with van der Waals surface area (Å²) in [6, 6.07) is 3.74. The first kappa shape index (κ1) is 14.9. The fourth-order valence-electron chi connectivity index (χ4n) is 1.84. The lowest BCUT2D eigenvalue weighted by molar-refractivity contribution is 0.171. The molecular weight excluding hydrogens is 284 g/mol. The molecule has 0 fully saturated rings. The highest BCUT2D eigenvalue weighted by Gasteiger charge is 2.19. The van der Waals surface area contributed by atoms with Gasteiger partial charge < -0.3 is 19.5 Å².